The molecule has 2 aromatic rings. The van der Waals surface area contributed by atoms with E-state index < -0.39 is 12.7 Å². The number of nitrogen functional groups attached to an aromatic ring is 1. The molecule has 0 aliphatic carbocycles. The molecule has 0 bridgehead atoms. The van der Waals surface area contributed by atoms with Gasteiger partial charge in [-0.1, -0.05) is 11.6 Å². The van der Waals surface area contributed by atoms with Crippen LogP contribution in [0.5, 0.6) is 0 Å². The van der Waals surface area contributed by atoms with Crippen LogP contribution in [-0.4, -0.2) is 54.2 Å². The Morgan fingerprint density at radius 1 is 1.30 bits per heavy atom. The third-order valence-electron chi connectivity index (χ3n) is 3.82. The lowest BCUT2D eigenvalue weighted by Crippen LogP contribution is -2.27. The van der Waals surface area contributed by atoms with Gasteiger partial charge in [-0.2, -0.15) is 13.2 Å². The molecule has 5 N–H and O–H groups in total. The highest BCUT2D eigenvalue weighted by molar-refractivity contribution is 6.31. The number of imidazole rings is 1. The molecule has 0 radical (unpaired) electrons. The van der Waals surface area contributed by atoms with Crippen molar-refractivity contribution in [3.63, 3.8) is 0 Å². The number of nitrogens with zero attached hydrogens (tertiary/aromatic N) is 3. The van der Waals surface area contributed by atoms with E-state index in [1.807, 2.05) is 0 Å². The van der Waals surface area contributed by atoms with Gasteiger partial charge in [0.2, 0.25) is 6.41 Å². The van der Waals surface area contributed by atoms with Crippen LogP contribution in [0.1, 0.15) is 12.0 Å². The number of hydrogen-bond acceptors (Lipinski definition) is 5. The minimum Gasteiger partial charge on any atom is -0.398 e. The first-order valence-corrected chi connectivity index (χ1v) is 9.49. The molecule has 164 valence electrons. The van der Waals surface area contributed by atoms with E-state index in [9.17, 15) is 18.0 Å². The van der Waals surface area contributed by atoms with E-state index in [-0.39, 0.29) is 5.82 Å². The number of amidine groups is 1. The third kappa shape index (κ3) is 8.29. The summed E-state index contributed by atoms with van der Waals surface area (Å²) < 4.78 is 38.6. The van der Waals surface area contributed by atoms with Crippen molar-refractivity contribution >= 4 is 35.4 Å². The minimum absolute atomic E-state index is 0.204. The van der Waals surface area contributed by atoms with Crippen LogP contribution in [0, 0.1) is 0 Å². The van der Waals surface area contributed by atoms with Crippen molar-refractivity contribution < 1.29 is 18.0 Å². The van der Waals surface area contributed by atoms with Crippen molar-refractivity contribution in [2.45, 2.75) is 19.1 Å². The molecule has 8 nitrogen and oxygen atoms in total. The number of aromatic nitrogens is 2. The van der Waals surface area contributed by atoms with Gasteiger partial charge in [0.1, 0.15) is 18.2 Å². The van der Waals surface area contributed by atoms with Crippen LogP contribution >= 0.6 is 11.6 Å². The zero-order valence-electron chi connectivity index (χ0n) is 16.0. The first-order valence-electron chi connectivity index (χ1n) is 9.11. The second-order valence-corrected chi connectivity index (χ2v) is 6.75. The number of nitrogens with two attached hydrogens (primary N) is 1. The lowest BCUT2D eigenvalue weighted by molar-refractivity contribution is -0.140. The van der Waals surface area contributed by atoms with Gasteiger partial charge in [-0.25, -0.2) is 4.98 Å². The average Bonchev–Trinajstić information content (AvgIpc) is 3.10. The average molecular weight is 446 g/mol. The van der Waals surface area contributed by atoms with Gasteiger partial charge in [-0.3, -0.25) is 9.79 Å². The van der Waals surface area contributed by atoms with E-state index in [1.165, 1.54) is 6.20 Å². The first kappa shape index (κ1) is 23.5. The van der Waals surface area contributed by atoms with E-state index in [4.69, 9.17) is 17.3 Å². The summed E-state index contributed by atoms with van der Waals surface area (Å²) in [7, 11) is 0. The molecule has 1 heterocycles. The SMILES string of the molecule is Nc1ccc(Cl)cc1C(=NCCCNCCNC=O)Nc1cn(CC(F)(F)F)cn1. The number of hydrogen-bond donors (Lipinski definition) is 4. The van der Waals surface area contributed by atoms with E-state index in [2.05, 4.69) is 25.9 Å². The topological polar surface area (TPSA) is 109 Å². The molecule has 1 aromatic heterocycles. The van der Waals surface area contributed by atoms with Crippen molar-refractivity contribution in [3.05, 3.63) is 41.3 Å². The molecule has 0 unspecified atom stereocenters. The summed E-state index contributed by atoms with van der Waals surface area (Å²) >= 11 is 6.06. The molecule has 0 aliphatic heterocycles. The second kappa shape index (κ2) is 11.4. The van der Waals surface area contributed by atoms with Crippen molar-refractivity contribution in [3.8, 4) is 0 Å². The minimum atomic E-state index is -4.35. The molecule has 1 amide bonds. The van der Waals surface area contributed by atoms with Crippen LogP contribution in [0.15, 0.2) is 35.7 Å². The van der Waals surface area contributed by atoms with Gasteiger partial charge in [-0.05, 0) is 31.2 Å². The first-order chi connectivity index (χ1) is 14.3. The van der Waals surface area contributed by atoms with Gasteiger partial charge in [0.15, 0.2) is 0 Å². The van der Waals surface area contributed by atoms with E-state index in [0.29, 0.717) is 61.1 Å². The molecule has 0 aliphatic rings. The Kier molecular flexibility index (Phi) is 8.93. The van der Waals surface area contributed by atoms with Crippen LogP contribution in [0.2, 0.25) is 5.02 Å². The molecule has 12 heteroatoms. The molecule has 30 heavy (non-hydrogen) atoms. The maximum Gasteiger partial charge on any atom is 0.406 e. The number of anilines is 2. The largest absolute Gasteiger partial charge is 0.406 e. The van der Waals surface area contributed by atoms with Gasteiger partial charge in [-0.15, -0.1) is 0 Å². The number of carbonyl (C=O) groups is 1. The van der Waals surface area contributed by atoms with Crippen LogP contribution in [0.25, 0.3) is 0 Å². The highest BCUT2D eigenvalue weighted by Gasteiger charge is 2.27. The number of aliphatic imine (C=N–C) groups is 1. The number of alkyl halides is 3. The van der Waals surface area contributed by atoms with Crippen LogP contribution in [0.3, 0.4) is 0 Å². The summed E-state index contributed by atoms with van der Waals surface area (Å²) in [6.07, 6.45) is -0.692. The Labute approximate surface area is 176 Å². The molecule has 0 atom stereocenters. The Morgan fingerprint density at radius 3 is 2.83 bits per heavy atom. The van der Waals surface area contributed by atoms with Crippen molar-refractivity contribution in [1.82, 2.24) is 20.2 Å². The second-order valence-electron chi connectivity index (χ2n) is 6.31. The quantitative estimate of drug-likeness (QED) is 0.139. The molecule has 1 aromatic carbocycles. The summed E-state index contributed by atoms with van der Waals surface area (Å²) in [5.74, 6) is 0.560. The van der Waals surface area contributed by atoms with Gasteiger partial charge < -0.3 is 26.3 Å². The smallest absolute Gasteiger partial charge is 0.398 e. The summed E-state index contributed by atoms with van der Waals surface area (Å²) in [5, 5.41) is 9.07. The van der Waals surface area contributed by atoms with Gasteiger partial charge in [0, 0.05) is 42.1 Å². The maximum absolute atomic E-state index is 12.6. The molecule has 0 spiro atoms. The molecule has 0 saturated carbocycles. The monoisotopic (exact) mass is 445 g/mol. The van der Waals surface area contributed by atoms with Crippen molar-refractivity contribution in [2.24, 2.45) is 4.99 Å². The van der Waals surface area contributed by atoms with Crippen LogP contribution in [-0.2, 0) is 11.3 Å². The normalized spacial score (nSPS) is 12.1. The number of nitrogens with one attached hydrogen (secondary N) is 3. The van der Waals surface area contributed by atoms with Crippen molar-refractivity contribution in [1.29, 1.82) is 0 Å². The number of halogens is 4. The molecular formula is C18H23ClF3N7O. The Balaban J connectivity index is 2.06. The lowest BCUT2D eigenvalue weighted by Gasteiger charge is -2.12. The lowest BCUT2D eigenvalue weighted by atomic mass is 10.1. The molecule has 0 saturated heterocycles. The third-order valence-corrected chi connectivity index (χ3v) is 4.06. The predicted octanol–water partition coefficient (Wildman–Crippen LogP) is 2.27. The standard InChI is InChI=1S/C18H23ClF3N7O/c19-13-2-3-15(23)14(8-13)17(26-5-1-4-24-6-7-25-12-30)28-16-9-29(11-27-16)10-18(20,21)22/h2-3,8-9,11-12,24H,1,4-7,10,23H2,(H,25,30)(H,26,28). The van der Waals surface area contributed by atoms with Gasteiger partial charge in [0.05, 0.1) is 6.33 Å². The highest BCUT2D eigenvalue weighted by Crippen LogP contribution is 2.21. The summed E-state index contributed by atoms with van der Waals surface area (Å²) in [4.78, 5) is 18.6. The number of benzene rings is 1. The van der Waals surface area contributed by atoms with Gasteiger partial charge in [0.25, 0.3) is 0 Å². The van der Waals surface area contributed by atoms with Gasteiger partial charge >= 0.3 is 6.18 Å². The van der Waals surface area contributed by atoms with Crippen LogP contribution < -0.4 is 21.7 Å². The van der Waals surface area contributed by atoms with E-state index >= 15 is 0 Å². The highest BCUT2D eigenvalue weighted by atomic mass is 35.5. The molecular weight excluding hydrogens is 423 g/mol. The Morgan fingerprint density at radius 2 is 2.10 bits per heavy atom. The van der Waals surface area contributed by atoms with Crippen molar-refractivity contribution in [2.75, 3.05) is 37.2 Å². The maximum atomic E-state index is 12.6. The summed E-state index contributed by atoms with van der Waals surface area (Å²) in [6, 6.07) is 4.88. The van der Waals surface area contributed by atoms with E-state index in [1.54, 1.807) is 18.2 Å². The molecule has 2 rings (SSSR count). The zero-order chi connectivity index (χ0) is 22.0. The fourth-order valence-corrected chi connectivity index (χ4v) is 2.68. The predicted molar refractivity (Wildman–Crippen MR) is 111 cm³/mol. The fourth-order valence-electron chi connectivity index (χ4n) is 2.50. The Hall–Kier alpha value is -2.79. The molecule has 0 fully saturated rings. The Bertz CT molecular complexity index is 855. The fraction of sp³-hybridized carbons (Fsp3) is 0.389. The zero-order valence-corrected chi connectivity index (χ0v) is 16.8. The summed E-state index contributed by atoms with van der Waals surface area (Å²) in [5.41, 5.74) is 6.97. The van der Waals surface area contributed by atoms with E-state index in [0.717, 1.165) is 10.9 Å². The number of amides is 1. The summed E-state index contributed by atoms with van der Waals surface area (Å²) in [6.45, 7) is 1.11. The van der Waals surface area contributed by atoms with Crippen LogP contribution in [0.4, 0.5) is 24.7 Å². The number of rotatable bonds is 11. The number of carbonyl (C=O) groups excluding carboxylic acids is 1.